The fraction of sp³-hybridized carbons (Fsp3) is 0.216. The Kier molecular flexibility index (Phi) is 9.01. The van der Waals surface area contributed by atoms with Gasteiger partial charge in [-0.2, -0.15) is 0 Å². The normalized spacial score (nSPS) is 11.7. The molecule has 0 saturated heterocycles. The van der Waals surface area contributed by atoms with Gasteiger partial charge in [0.1, 0.15) is 37.1 Å². The van der Waals surface area contributed by atoms with E-state index in [9.17, 15) is 4.79 Å². The van der Waals surface area contributed by atoms with E-state index < -0.39 is 0 Å². The zero-order valence-electron chi connectivity index (χ0n) is 26.2. The van der Waals surface area contributed by atoms with Crippen molar-refractivity contribution in [3.8, 4) is 34.5 Å². The van der Waals surface area contributed by atoms with Crippen molar-refractivity contribution in [3.63, 3.8) is 0 Å². The van der Waals surface area contributed by atoms with Gasteiger partial charge in [-0.3, -0.25) is 4.79 Å². The van der Waals surface area contributed by atoms with Gasteiger partial charge in [0.2, 0.25) is 5.75 Å². The summed E-state index contributed by atoms with van der Waals surface area (Å²) in [5.41, 5.74) is 5.30. The molecule has 1 heterocycles. The SMILES string of the molecule is COc1ccc(COc2ccc(C(=O)NC3c4cn(C)cc43)c(OCc3ccc(OC)cc3)c2OCc2ccc(OC)cc2)cc1. The van der Waals surface area contributed by atoms with E-state index in [0.29, 0.717) is 22.8 Å². The van der Waals surface area contributed by atoms with Gasteiger partial charge in [0.25, 0.3) is 5.91 Å². The molecule has 1 amide bonds. The third-order valence-corrected chi connectivity index (χ3v) is 7.79. The molecular formula is C37H36N2O7. The van der Waals surface area contributed by atoms with Crippen LogP contribution in [0.25, 0.3) is 0 Å². The van der Waals surface area contributed by atoms with Gasteiger partial charge < -0.3 is 38.3 Å². The van der Waals surface area contributed by atoms with Crippen LogP contribution in [-0.2, 0) is 26.9 Å². The Labute approximate surface area is 268 Å². The van der Waals surface area contributed by atoms with Crippen LogP contribution in [0.3, 0.4) is 0 Å². The maximum Gasteiger partial charge on any atom is 0.255 e. The Morgan fingerprint density at radius 1 is 0.609 bits per heavy atom. The van der Waals surface area contributed by atoms with Crippen molar-refractivity contribution >= 4 is 5.91 Å². The molecule has 236 valence electrons. The van der Waals surface area contributed by atoms with Crippen LogP contribution in [0.5, 0.6) is 34.5 Å². The average molecular weight is 621 g/mol. The molecule has 0 spiro atoms. The smallest absolute Gasteiger partial charge is 0.255 e. The van der Waals surface area contributed by atoms with E-state index in [1.165, 1.54) is 0 Å². The van der Waals surface area contributed by atoms with E-state index in [1.54, 1.807) is 33.5 Å². The molecule has 46 heavy (non-hydrogen) atoms. The predicted molar refractivity (Wildman–Crippen MR) is 173 cm³/mol. The number of nitrogens with one attached hydrogen (secondary N) is 1. The zero-order valence-corrected chi connectivity index (χ0v) is 26.2. The molecule has 0 aliphatic heterocycles. The van der Waals surface area contributed by atoms with E-state index in [-0.39, 0.29) is 31.8 Å². The number of aromatic nitrogens is 1. The number of hydrogen-bond donors (Lipinski definition) is 1. The van der Waals surface area contributed by atoms with Crippen molar-refractivity contribution in [2.24, 2.45) is 7.05 Å². The molecule has 4 aromatic carbocycles. The maximum atomic E-state index is 13.8. The van der Waals surface area contributed by atoms with E-state index in [0.717, 1.165) is 45.1 Å². The van der Waals surface area contributed by atoms with Gasteiger partial charge >= 0.3 is 0 Å². The van der Waals surface area contributed by atoms with Gasteiger partial charge in [0.05, 0.1) is 32.9 Å². The third-order valence-electron chi connectivity index (χ3n) is 7.79. The molecule has 0 saturated carbocycles. The zero-order chi connectivity index (χ0) is 32.0. The predicted octanol–water partition coefficient (Wildman–Crippen LogP) is 6.62. The van der Waals surface area contributed by atoms with Gasteiger partial charge in [-0.05, 0) is 65.2 Å². The minimum atomic E-state index is -0.274. The van der Waals surface area contributed by atoms with Gasteiger partial charge in [-0.15, -0.1) is 0 Å². The van der Waals surface area contributed by atoms with Crippen LogP contribution in [0.2, 0.25) is 0 Å². The molecule has 1 aliphatic carbocycles. The molecule has 5 aromatic rings. The van der Waals surface area contributed by atoms with E-state index >= 15 is 0 Å². The molecule has 1 N–H and O–H groups in total. The summed E-state index contributed by atoms with van der Waals surface area (Å²) in [6.07, 6.45) is 4.03. The number of rotatable bonds is 14. The summed E-state index contributed by atoms with van der Waals surface area (Å²) in [5, 5.41) is 3.13. The van der Waals surface area contributed by atoms with E-state index in [1.807, 2.05) is 96.8 Å². The Balaban J connectivity index is 1.32. The molecule has 6 rings (SSSR count). The highest BCUT2D eigenvalue weighted by Crippen LogP contribution is 2.44. The molecule has 0 bridgehead atoms. The van der Waals surface area contributed by atoms with Gasteiger partial charge in [-0.1, -0.05) is 36.4 Å². The molecule has 0 radical (unpaired) electrons. The van der Waals surface area contributed by atoms with Crippen LogP contribution < -0.4 is 33.7 Å². The summed E-state index contributed by atoms with van der Waals surface area (Å²) in [6, 6.07) is 26.2. The lowest BCUT2D eigenvalue weighted by Gasteiger charge is -2.20. The second kappa shape index (κ2) is 13.6. The molecular weight excluding hydrogens is 584 g/mol. The van der Waals surface area contributed by atoms with E-state index in [4.69, 9.17) is 28.4 Å². The summed E-state index contributed by atoms with van der Waals surface area (Å²) in [7, 11) is 6.85. The number of ether oxygens (including phenoxy) is 6. The van der Waals surface area contributed by atoms with Crippen LogP contribution in [0.4, 0.5) is 0 Å². The summed E-state index contributed by atoms with van der Waals surface area (Å²) < 4.78 is 37.1. The number of methoxy groups -OCH3 is 3. The number of carbonyl (C=O) groups is 1. The summed E-state index contributed by atoms with van der Waals surface area (Å²) >= 11 is 0. The lowest BCUT2D eigenvalue weighted by molar-refractivity contribution is 0.0942. The summed E-state index contributed by atoms with van der Waals surface area (Å²) in [4.78, 5) is 13.8. The van der Waals surface area contributed by atoms with Crippen molar-refractivity contribution in [1.82, 2.24) is 9.88 Å². The molecule has 0 unspecified atom stereocenters. The first-order valence-corrected chi connectivity index (χ1v) is 14.9. The topological polar surface area (TPSA) is 89.4 Å². The minimum Gasteiger partial charge on any atom is -0.497 e. The van der Waals surface area contributed by atoms with Crippen molar-refractivity contribution in [3.05, 3.63) is 131 Å². The molecule has 9 heteroatoms. The Bertz CT molecular complexity index is 1770. The average Bonchev–Trinajstić information content (AvgIpc) is 3.53. The van der Waals surface area contributed by atoms with Crippen LogP contribution in [-0.4, -0.2) is 31.8 Å². The summed E-state index contributed by atoms with van der Waals surface area (Å²) in [5.74, 6) is 3.04. The monoisotopic (exact) mass is 620 g/mol. The highest BCUT2D eigenvalue weighted by molar-refractivity contribution is 5.99. The molecule has 0 atom stereocenters. The van der Waals surface area contributed by atoms with E-state index in [2.05, 4.69) is 5.32 Å². The molecule has 1 aromatic heterocycles. The largest absolute Gasteiger partial charge is 0.497 e. The maximum absolute atomic E-state index is 13.8. The first kappa shape index (κ1) is 30.5. The number of hydrogen-bond acceptors (Lipinski definition) is 7. The lowest BCUT2D eigenvalue weighted by atomic mass is 10.1. The molecule has 9 nitrogen and oxygen atoms in total. The van der Waals surface area contributed by atoms with Crippen molar-refractivity contribution < 1.29 is 33.2 Å². The minimum absolute atomic E-state index is 0.118. The first-order chi connectivity index (χ1) is 22.4. The quantitative estimate of drug-likeness (QED) is 0.149. The highest BCUT2D eigenvalue weighted by Gasteiger charge is 2.37. The van der Waals surface area contributed by atoms with Crippen LogP contribution in [0.15, 0.2) is 97.3 Å². The number of benzene rings is 4. The standard InChI is InChI=1S/C37H36N2O7/c1-39-19-31-32(20-39)34(31)38-37(40)30-17-18-33(44-21-24-5-11-27(41-2)12-6-24)36(46-23-26-9-15-29(43-4)16-10-26)35(30)45-22-25-7-13-28(42-3)14-8-25/h5-20,34H,21-23H2,1-4H3,(H,38,40). The second-order valence-corrected chi connectivity index (χ2v) is 10.9. The summed E-state index contributed by atoms with van der Waals surface area (Å²) in [6.45, 7) is 0.668. The number of carbonyl (C=O) groups excluding carboxylic acids is 1. The Morgan fingerprint density at radius 3 is 1.50 bits per heavy atom. The molecule has 0 fully saturated rings. The third kappa shape index (κ3) is 6.89. The van der Waals surface area contributed by atoms with Gasteiger partial charge in [0, 0.05) is 30.6 Å². The number of amides is 1. The Hall–Kier alpha value is -5.57. The van der Waals surface area contributed by atoms with Crippen LogP contribution in [0, 0.1) is 0 Å². The lowest BCUT2D eigenvalue weighted by Crippen LogP contribution is -2.23. The van der Waals surface area contributed by atoms with Crippen LogP contribution in [0.1, 0.15) is 44.2 Å². The fourth-order valence-corrected chi connectivity index (χ4v) is 5.15. The number of fused-ring (bicyclic) bond motifs is 1. The van der Waals surface area contributed by atoms with Gasteiger partial charge in [-0.25, -0.2) is 0 Å². The Morgan fingerprint density at radius 2 is 1.04 bits per heavy atom. The number of aryl methyl sites for hydroxylation is 1. The van der Waals surface area contributed by atoms with Crippen LogP contribution >= 0.6 is 0 Å². The van der Waals surface area contributed by atoms with Crippen molar-refractivity contribution in [2.45, 2.75) is 25.9 Å². The van der Waals surface area contributed by atoms with Crippen molar-refractivity contribution in [2.75, 3.05) is 21.3 Å². The highest BCUT2D eigenvalue weighted by atomic mass is 16.5. The second-order valence-electron chi connectivity index (χ2n) is 10.9. The van der Waals surface area contributed by atoms with Gasteiger partial charge in [0.15, 0.2) is 11.5 Å². The first-order valence-electron chi connectivity index (χ1n) is 14.9. The number of nitrogens with zero attached hydrogens (tertiary/aromatic N) is 1. The van der Waals surface area contributed by atoms with Crippen molar-refractivity contribution in [1.29, 1.82) is 0 Å². The molecule has 1 aliphatic rings. The fourth-order valence-electron chi connectivity index (χ4n) is 5.15.